The number of aliphatic hydroxyl groups is 2. The Kier molecular flexibility index (Phi) is 8.77. The standard InChI is InChI=1S/C5H13NO2.C2H6/c1-4(7)6(3)5(2)8;1-2/h4-5,7-8H,1-3H3;1-2H3. The largest absolute Gasteiger partial charge is 0.379 e. The van der Waals surface area contributed by atoms with Crippen LogP contribution in [0.5, 0.6) is 0 Å². The molecule has 2 atom stereocenters. The second-order valence-electron chi connectivity index (χ2n) is 1.93. The van der Waals surface area contributed by atoms with Crippen LogP contribution >= 0.6 is 0 Å². The van der Waals surface area contributed by atoms with Gasteiger partial charge in [0.2, 0.25) is 0 Å². The molecule has 64 valence electrons. The molecule has 0 amide bonds. The molecule has 0 aliphatic heterocycles. The van der Waals surface area contributed by atoms with Gasteiger partial charge in [-0.3, -0.25) is 4.90 Å². The van der Waals surface area contributed by atoms with Gasteiger partial charge in [-0.15, -0.1) is 0 Å². The molecule has 0 fully saturated rings. The Morgan fingerprint density at radius 3 is 1.20 bits per heavy atom. The Labute approximate surface area is 63.3 Å². The van der Waals surface area contributed by atoms with E-state index in [0.29, 0.717) is 0 Å². The second-order valence-corrected chi connectivity index (χ2v) is 1.93. The van der Waals surface area contributed by atoms with Crippen molar-refractivity contribution in [2.24, 2.45) is 0 Å². The van der Waals surface area contributed by atoms with E-state index < -0.39 is 12.5 Å². The van der Waals surface area contributed by atoms with Crippen molar-refractivity contribution in [3.05, 3.63) is 0 Å². The minimum Gasteiger partial charge on any atom is -0.379 e. The monoisotopic (exact) mass is 149 g/mol. The fourth-order valence-corrected chi connectivity index (χ4v) is 0.312. The van der Waals surface area contributed by atoms with Gasteiger partial charge in [-0.25, -0.2) is 0 Å². The Morgan fingerprint density at radius 2 is 1.20 bits per heavy atom. The number of aliphatic hydroxyl groups excluding tert-OH is 2. The Hall–Kier alpha value is -0.120. The van der Waals surface area contributed by atoms with Gasteiger partial charge in [-0.2, -0.15) is 0 Å². The summed E-state index contributed by atoms with van der Waals surface area (Å²) >= 11 is 0. The average Bonchev–Trinajstić information content (AvgIpc) is 1.90. The van der Waals surface area contributed by atoms with Gasteiger partial charge < -0.3 is 10.2 Å². The van der Waals surface area contributed by atoms with Crippen molar-refractivity contribution < 1.29 is 10.2 Å². The maximum absolute atomic E-state index is 8.76. The van der Waals surface area contributed by atoms with Crippen molar-refractivity contribution in [2.45, 2.75) is 40.2 Å². The smallest absolute Gasteiger partial charge is 0.106 e. The van der Waals surface area contributed by atoms with E-state index in [9.17, 15) is 0 Å². The van der Waals surface area contributed by atoms with Crippen LogP contribution in [0, 0.1) is 0 Å². The first-order chi connectivity index (χ1) is 4.55. The Balaban J connectivity index is 0. The maximum Gasteiger partial charge on any atom is 0.106 e. The highest BCUT2D eigenvalue weighted by Crippen LogP contribution is 1.93. The molecule has 0 aliphatic carbocycles. The van der Waals surface area contributed by atoms with E-state index in [4.69, 9.17) is 10.2 Å². The Morgan fingerprint density at radius 1 is 1.00 bits per heavy atom. The quantitative estimate of drug-likeness (QED) is 0.566. The van der Waals surface area contributed by atoms with Crippen LogP contribution in [0.25, 0.3) is 0 Å². The molecule has 0 aliphatic rings. The normalized spacial score (nSPS) is 15.6. The van der Waals surface area contributed by atoms with Gasteiger partial charge in [0.05, 0.1) is 0 Å². The number of hydrogen-bond acceptors (Lipinski definition) is 3. The highest BCUT2D eigenvalue weighted by atomic mass is 16.3. The SMILES string of the molecule is CC.CC(O)N(C)C(C)O. The van der Waals surface area contributed by atoms with Crippen LogP contribution in [0.15, 0.2) is 0 Å². The zero-order chi connectivity index (χ0) is 8.73. The van der Waals surface area contributed by atoms with Gasteiger partial charge in [0.25, 0.3) is 0 Å². The molecular formula is C7H19NO2. The van der Waals surface area contributed by atoms with Gasteiger partial charge in [0.1, 0.15) is 12.5 Å². The van der Waals surface area contributed by atoms with Crippen LogP contribution in [0.2, 0.25) is 0 Å². The molecule has 0 saturated heterocycles. The van der Waals surface area contributed by atoms with E-state index in [0.717, 1.165) is 0 Å². The van der Waals surface area contributed by atoms with Crippen molar-refractivity contribution in [1.82, 2.24) is 4.90 Å². The molecule has 3 nitrogen and oxygen atoms in total. The van der Waals surface area contributed by atoms with E-state index in [-0.39, 0.29) is 0 Å². The lowest BCUT2D eigenvalue weighted by molar-refractivity contribution is -0.0665. The first-order valence-electron chi connectivity index (χ1n) is 3.63. The van der Waals surface area contributed by atoms with Gasteiger partial charge in [-0.05, 0) is 20.9 Å². The summed E-state index contributed by atoms with van der Waals surface area (Å²) in [6, 6.07) is 0. The van der Waals surface area contributed by atoms with Crippen LogP contribution in [0.3, 0.4) is 0 Å². The molecular weight excluding hydrogens is 130 g/mol. The highest BCUT2D eigenvalue weighted by Gasteiger charge is 2.08. The third-order valence-corrected chi connectivity index (χ3v) is 1.18. The molecule has 0 rings (SSSR count). The fourth-order valence-electron chi connectivity index (χ4n) is 0.312. The predicted octanol–water partition coefficient (Wildman–Crippen LogP) is 0.621. The van der Waals surface area contributed by atoms with Gasteiger partial charge in [-0.1, -0.05) is 13.8 Å². The molecule has 0 bridgehead atoms. The molecule has 2 N–H and O–H groups in total. The molecule has 3 heteroatoms. The summed E-state index contributed by atoms with van der Waals surface area (Å²) in [5.41, 5.74) is 0. The molecule has 0 heterocycles. The lowest BCUT2D eigenvalue weighted by atomic mass is 10.5. The van der Waals surface area contributed by atoms with Gasteiger partial charge in [0.15, 0.2) is 0 Å². The number of nitrogens with zero attached hydrogens (tertiary/aromatic N) is 1. The van der Waals surface area contributed by atoms with Crippen LogP contribution < -0.4 is 0 Å². The zero-order valence-electron chi connectivity index (χ0n) is 7.50. The van der Waals surface area contributed by atoms with Crippen LogP contribution in [0.1, 0.15) is 27.7 Å². The summed E-state index contributed by atoms with van der Waals surface area (Å²) in [7, 11) is 1.65. The van der Waals surface area contributed by atoms with Gasteiger partial charge >= 0.3 is 0 Å². The van der Waals surface area contributed by atoms with Crippen LogP contribution in [-0.4, -0.2) is 34.6 Å². The van der Waals surface area contributed by atoms with Crippen molar-refractivity contribution in [2.75, 3.05) is 7.05 Å². The first kappa shape index (κ1) is 12.5. The Bertz CT molecular complexity index is 56.6. The third-order valence-electron chi connectivity index (χ3n) is 1.18. The minimum atomic E-state index is -0.574. The molecule has 0 spiro atoms. The second kappa shape index (κ2) is 6.99. The topological polar surface area (TPSA) is 43.7 Å². The maximum atomic E-state index is 8.76. The summed E-state index contributed by atoms with van der Waals surface area (Å²) in [6.07, 6.45) is -1.15. The number of hydrogen-bond donors (Lipinski definition) is 2. The summed E-state index contributed by atoms with van der Waals surface area (Å²) in [5, 5.41) is 17.5. The molecule has 10 heavy (non-hydrogen) atoms. The summed E-state index contributed by atoms with van der Waals surface area (Å²) < 4.78 is 0. The summed E-state index contributed by atoms with van der Waals surface area (Å²) in [4.78, 5) is 1.44. The predicted molar refractivity (Wildman–Crippen MR) is 42.5 cm³/mol. The van der Waals surface area contributed by atoms with Crippen molar-refractivity contribution in [3.8, 4) is 0 Å². The van der Waals surface area contributed by atoms with Crippen molar-refractivity contribution in [3.63, 3.8) is 0 Å². The van der Waals surface area contributed by atoms with Crippen LogP contribution in [-0.2, 0) is 0 Å². The molecule has 2 unspecified atom stereocenters. The average molecular weight is 149 g/mol. The molecule has 0 aromatic rings. The van der Waals surface area contributed by atoms with E-state index >= 15 is 0 Å². The van der Waals surface area contributed by atoms with E-state index in [2.05, 4.69) is 0 Å². The van der Waals surface area contributed by atoms with Crippen LogP contribution in [0.4, 0.5) is 0 Å². The lowest BCUT2D eigenvalue weighted by Crippen LogP contribution is -2.36. The molecule has 0 aromatic heterocycles. The number of rotatable bonds is 2. The fraction of sp³-hybridized carbons (Fsp3) is 1.00. The summed E-state index contributed by atoms with van der Waals surface area (Å²) in [5.74, 6) is 0. The van der Waals surface area contributed by atoms with E-state index in [1.807, 2.05) is 13.8 Å². The molecule has 0 aromatic carbocycles. The molecule has 0 saturated carbocycles. The molecule has 0 radical (unpaired) electrons. The third kappa shape index (κ3) is 6.01. The highest BCUT2D eigenvalue weighted by molar-refractivity contribution is 4.48. The lowest BCUT2D eigenvalue weighted by Gasteiger charge is -2.22. The summed E-state index contributed by atoms with van der Waals surface area (Å²) in [6.45, 7) is 7.21. The van der Waals surface area contributed by atoms with Crippen molar-refractivity contribution in [1.29, 1.82) is 0 Å². The van der Waals surface area contributed by atoms with Gasteiger partial charge in [0, 0.05) is 0 Å². The van der Waals surface area contributed by atoms with E-state index in [1.165, 1.54) is 4.90 Å². The zero-order valence-corrected chi connectivity index (χ0v) is 7.50. The minimum absolute atomic E-state index is 0.574. The van der Waals surface area contributed by atoms with Crippen molar-refractivity contribution >= 4 is 0 Å². The van der Waals surface area contributed by atoms with E-state index in [1.54, 1.807) is 20.9 Å². The first-order valence-corrected chi connectivity index (χ1v) is 3.63.